The van der Waals surface area contributed by atoms with Gasteiger partial charge < -0.3 is 9.84 Å². The third-order valence-corrected chi connectivity index (χ3v) is 3.26. The van der Waals surface area contributed by atoms with Crippen LogP contribution in [0.15, 0.2) is 15.4 Å². The molecular formula is C9H11BrO2S. The lowest BCUT2D eigenvalue weighted by Gasteiger charge is -2.11. The van der Waals surface area contributed by atoms with Gasteiger partial charge in [0.2, 0.25) is 0 Å². The second-order valence-corrected chi connectivity index (χ2v) is 4.23. The van der Waals surface area contributed by atoms with Gasteiger partial charge in [-0.15, -0.1) is 11.8 Å². The third-order valence-electron chi connectivity index (χ3n) is 1.77. The molecule has 0 amide bonds. The van der Waals surface area contributed by atoms with E-state index in [1.165, 1.54) is 11.8 Å². The summed E-state index contributed by atoms with van der Waals surface area (Å²) in [6.45, 7) is 1.95. The Kier molecular flexibility index (Phi) is 3.50. The van der Waals surface area contributed by atoms with Crippen molar-refractivity contribution in [2.75, 3.05) is 13.4 Å². The number of thioether (sulfide) groups is 1. The zero-order valence-electron chi connectivity index (χ0n) is 7.72. The Morgan fingerprint density at radius 2 is 2.15 bits per heavy atom. The van der Waals surface area contributed by atoms with Crippen LogP contribution in [0.25, 0.3) is 0 Å². The molecule has 0 heterocycles. The smallest absolute Gasteiger partial charge is 0.147 e. The second-order valence-electron chi connectivity index (χ2n) is 2.59. The van der Waals surface area contributed by atoms with E-state index < -0.39 is 0 Å². The van der Waals surface area contributed by atoms with E-state index in [-0.39, 0.29) is 5.75 Å². The molecule has 0 saturated carbocycles. The Balaban J connectivity index is 3.37. The summed E-state index contributed by atoms with van der Waals surface area (Å²) in [5.41, 5.74) is 1.01. The molecule has 1 N–H and O–H groups in total. The van der Waals surface area contributed by atoms with E-state index in [4.69, 9.17) is 4.74 Å². The minimum atomic E-state index is 0.245. The molecule has 0 fully saturated rings. The summed E-state index contributed by atoms with van der Waals surface area (Å²) in [4.78, 5) is 0.852. The van der Waals surface area contributed by atoms with Crippen LogP contribution in [0.5, 0.6) is 11.5 Å². The molecule has 0 saturated heterocycles. The molecule has 2 nitrogen and oxygen atoms in total. The Bertz CT molecular complexity index is 326. The minimum Gasteiger partial charge on any atom is -0.505 e. The number of phenolic OH excluding ortho intramolecular Hbond substituents is 1. The van der Waals surface area contributed by atoms with Crippen LogP contribution < -0.4 is 4.74 Å². The number of rotatable bonds is 2. The quantitative estimate of drug-likeness (QED) is 0.831. The first-order chi connectivity index (χ1) is 6.11. The first-order valence-electron chi connectivity index (χ1n) is 3.71. The maximum atomic E-state index is 9.69. The molecule has 72 valence electrons. The van der Waals surface area contributed by atoms with Crippen LogP contribution in [0.4, 0.5) is 0 Å². The lowest BCUT2D eigenvalue weighted by Crippen LogP contribution is -1.90. The molecule has 0 aliphatic carbocycles. The summed E-state index contributed by atoms with van der Waals surface area (Å²) in [5, 5.41) is 9.69. The Hall–Kier alpha value is -0.350. The van der Waals surface area contributed by atoms with Crippen molar-refractivity contribution in [3.8, 4) is 11.5 Å². The monoisotopic (exact) mass is 262 g/mol. The van der Waals surface area contributed by atoms with Crippen LogP contribution in [-0.4, -0.2) is 18.5 Å². The summed E-state index contributed by atoms with van der Waals surface area (Å²) in [6, 6.07) is 1.91. The van der Waals surface area contributed by atoms with Gasteiger partial charge in [0.05, 0.1) is 12.0 Å². The Morgan fingerprint density at radius 3 is 2.62 bits per heavy atom. The SMILES string of the molecule is COc1c(C)cc(SC)c(O)c1Br. The molecule has 0 bridgehead atoms. The lowest BCUT2D eigenvalue weighted by atomic mass is 10.2. The number of aromatic hydroxyl groups is 1. The largest absolute Gasteiger partial charge is 0.505 e. The van der Waals surface area contributed by atoms with Gasteiger partial charge >= 0.3 is 0 Å². The van der Waals surface area contributed by atoms with Crippen molar-refractivity contribution >= 4 is 27.7 Å². The summed E-state index contributed by atoms with van der Waals surface area (Å²) in [6.07, 6.45) is 1.92. The van der Waals surface area contributed by atoms with Crippen molar-refractivity contribution in [2.24, 2.45) is 0 Å². The summed E-state index contributed by atoms with van der Waals surface area (Å²) in [5.74, 6) is 0.935. The number of benzene rings is 1. The van der Waals surface area contributed by atoms with E-state index in [1.807, 2.05) is 19.2 Å². The molecule has 0 aliphatic rings. The highest BCUT2D eigenvalue weighted by Gasteiger charge is 2.13. The molecule has 0 radical (unpaired) electrons. The summed E-state index contributed by atoms with van der Waals surface area (Å²) in [7, 11) is 1.59. The van der Waals surface area contributed by atoms with E-state index in [2.05, 4.69) is 15.9 Å². The third kappa shape index (κ3) is 1.94. The fraction of sp³-hybridized carbons (Fsp3) is 0.333. The highest BCUT2D eigenvalue weighted by atomic mass is 79.9. The zero-order chi connectivity index (χ0) is 10.0. The van der Waals surface area contributed by atoms with E-state index in [0.717, 1.165) is 10.5 Å². The predicted molar refractivity (Wildman–Crippen MR) is 58.9 cm³/mol. The predicted octanol–water partition coefficient (Wildman–Crippen LogP) is 3.19. The average molecular weight is 263 g/mol. The van der Waals surface area contributed by atoms with Gasteiger partial charge in [-0.05, 0) is 40.7 Å². The molecule has 0 spiro atoms. The molecule has 1 aromatic carbocycles. The number of methoxy groups -OCH3 is 1. The van der Waals surface area contributed by atoms with Crippen LogP contribution in [-0.2, 0) is 0 Å². The van der Waals surface area contributed by atoms with Crippen LogP contribution in [0.2, 0.25) is 0 Å². The van der Waals surface area contributed by atoms with Gasteiger partial charge in [-0.2, -0.15) is 0 Å². The molecule has 0 aromatic heterocycles. The standard InChI is InChI=1S/C9H11BrO2S/c1-5-4-6(13-3)8(11)7(10)9(5)12-2/h4,11H,1-3H3. The molecule has 13 heavy (non-hydrogen) atoms. The maximum Gasteiger partial charge on any atom is 0.147 e. The van der Waals surface area contributed by atoms with Gasteiger partial charge in [-0.3, -0.25) is 0 Å². The number of phenols is 1. The highest BCUT2D eigenvalue weighted by molar-refractivity contribution is 9.10. The molecule has 1 aromatic rings. The van der Waals surface area contributed by atoms with E-state index in [1.54, 1.807) is 7.11 Å². The first kappa shape index (κ1) is 10.7. The Morgan fingerprint density at radius 1 is 1.54 bits per heavy atom. The van der Waals surface area contributed by atoms with Crippen molar-refractivity contribution in [1.29, 1.82) is 0 Å². The maximum absolute atomic E-state index is 9.69. The van der Waals surface area contributed by atoms with E-state index >= 15 is 0 Å². The molecule has 0 aliphatic heterocycles. The van der Waals surface area contributed by atoms with Crippen LogP contribution in [0, 0.1) is 6.92 Å². The number of hydrogen-bond donors (Lipinski definition) is 1. The van der Waals surface area contributed by atoms with Crippen molar-refractivity contribution in [3.63, 3.8) is 0 Å². The van der Waals surface area contributed by atoms with Gasteiger partial charge in [0, 0.05) is 0 Å². The van der Waals surface area contributed by atoms with Gasteiger partial charge in [-0.25, -0.2) is 0 Å². The van der Waals surface area contributed by atoms with Crippen molar-refractivity contribution in [2.45, 2.75) is 11.8 Å². The molecule has 0 atom stereocenters. The molecular weight excluding hydrogens is 252 g/mol. The van der Waals surface area contributed by atoms with Crippen molar-refractivity contribution < 1.29 is 9.84 Å². The van der Waals surface area contributed by atoms with Crippen LogP contribution in [0.1, 0.15) is 5.56 Å². The van der Waals surface area contributed by atoms with Gasteiger partial charge in [0.15, 0.2) is 0 Å². The van der Waals surface area contributed by atoms with Crippen molar-refractivity contribution in [1.82, 2.24) is 0 Å². The van der Waals surface area contributed by atoms with E-state index in [0.29, 0.717) is 10.2 Å². The second kappa shape index (κ2) is 4.24. The lowest BCUT2D eigenvalue weighted by molar-refractivity contribution is 0.397. The molecule has 1 rings (SSSR count). The normalized spacial score (nSPS) is 10.2. The van der Waals surface area contributed by atoms with Crippen LogP contribution in [0.3, 0.4) is 0 Å². The first-order valence-corrected chi connectivity index (χ1v) is 5.73. The van der Waals surface area contributed by atoms with Gasteiger partial charge in [0.25, 0.3) is 0 Å². The van der Waals surface area contributed by atoms with Crippen LogP contribution >= 0.6 is 27.7 Å². The number of halogens is 1. The Labute approximate surface area is 90.4 Å². The zero-order valence-corrected chi connectivity index (χ0v) is 10.1. The highest BCUT2D eigenvalue weighted by Crippen LogP contribution is 2.42. The average Bonchev–Trinajstić information content (AvgIpc) is 2.12. The fourth-order valence-electron chi connectivity index (χ4n) is 1.13. The van der Waals surface area contributed by atoms with Crippen molar-refractivity contribution in [3.05, 3.63) is 16.1 Å². The number of aryl methyl sites for hydroxylation is 1. The number of hydrogen-bond acceptors (Lipinski definition) is 3. The van der Waals surface area contributed by atoms with Gasteiger partial charge in [-0.1, -0.05) is 0 Å². The molecule has 0 unspecified atom stereocenters. The van der Waals surface area contributed by atoms with E-state index in [9.17, 15) is 5.11 Å². The summed E-state index contributed by atoms with van der Waals surface area (Å²) < 4.78 is 5.76. The fourth-order valence-corrected chi connectivity index (χ4v) is 2.53. The molecule has 4 heteroatoms. The van der Waals surface area contributed by atoms with Gasteiger partial charge in [0.1, 0.15) is 16.0 Å². The topological polar surface area (TPSA) is 29.5 Å². The summed E-state index contributed by atoms with van der Waals surface area (Å²) >= 11 is 4.80. The minimum absolute atomic E-state index is 0.245. The number of ether oxygens (including phenoxy) is 1.